The normalized spacial score (nSPS) is 23.5. The fourth-order valence-corrected chi connectivity index (χ4v) is 3.37. The van der Waals surface area contributed by atoms with Crippen molar-refractivity contribution in [3.05, 3.63) is 0 Å². The number of carbonyl (C=O) groups excluding carboxylic acids is 1. The molecule has 2 aliphatic carbocycles. The molecule has 2 aliphatic rings. The average molecular weight is 234 g/mol. The molecule has 0 aliphatic heterocycles. The zero-order valence-electron chi connectivity index (χ0n) is 10.7. The lowest BCUT2D eigenvalue weighted by Crippen LogP contribution is -2.46. The van der Waals surface area contributed by atoms with Gasteiger partial charge in [-0.1, -0.05) is 32.6 Å². The SMILES string of the molecule is CC1(C(=O)N(CC#N)C2CCCC2)CCCC1. The number of nitriles is 1. The molecule has 3 nitrogen and oxygen atoms in total. The van der Waals surface area contributed by atoms with Gasteiger partial charge in [0.25, 0.3) is 0 Å². The molecule has 1 amide bonds. The van der Waals surface area contributed by atoms with E-state index in [1.165, 1.54) is 12.8 Å². The number of hydrogen-bond acceptors (Lipinski definition) is 2. The van der Waals surface area contributed by atoms with E-state index in [4.69, 9.17) is 5.26 Å². The van der Waals surface area contributed by atoms with E-state index in [-0.39, 0.29) is 17.9 Å². The summed E-state index contributed by atoms with van der Waals surface area (Å²) in [6.07, 6.45) is 8.90. The first-order valence-corrected chi connectivity index (χ1v) is 6.85. The van der Waals surface area contributed by atoms with Gasteiger partial charge in [0.15, 0.2) is 0 Å². The fourth-order valence-electron chi connectivity index (χ4n) is 3.37. The molecule has 0 unspecified atom stereocenters. The largest absolute Gasteiger partial charge is 0.326 e. The van der Waals surface area contributed by atoms with Crippen LogP contribution in [0.15, 0.2) is 0 Å². The Morgan fingerprint density at radius 1 is 1.29 bits per heavy atom. The number of carbonyl (C=O) groups is 1. The van der Waals surface area contributed by atoms with E-state index >= 15 is 0 Å². The summed E-state index contributed by atoms with van der Waals surface area (Å²) in [7, 11) is 0. The molecular weight excluding hydrogens is 212 g/mol. The van der Waals surface area contributed by atoms with Gasteiger partial charge in [0.1, 0.15) is 6.54 Å². The molecule has 0 heterocycles. The molecule has 94 valence electrons. The average Bonchev–Trinajstić information content (AvgIpc) is 2.96. The maximum Gasteiger partial charge on any atom is 0.229 e. The molecule has 0 atom stereocenters. The van der Waals surface area contributed by atoms with Crippen LogP contribution in [0.1, 0.15) is 58.3 Å². The summed E-state index contributed by atoms with van der Waals surface area (Å²) in [5, 5.41) is 8.93. The van der Waals surface area contributed by atoms with Crippen LogP contribution in [0.3, 0.4) is 0 Å². The second-order valence-corrected chi connectivity index (χ2v) is 5.80. The van der Waals surface area contributed by atoms with Gasteiger partial charge < -0.3 is 4.90 Å². The fraction of sp³-hybridized carbons (Fsp3) is 0.857. The van der Waals surface area contributed by atoms with Crippen LogP contribution >= 0.6 is 0 Å². The molecule has 0 N–H and O–H groups in total. The highest BCUT2D eigenvalue weighted by molar-refractivity contribution is 5.83. The minimum atomic E-state index is -0.181. The topological polar surface area (TPSA) is 44.1 Å². The molecule has 0 aromatic heterocycles. The molecule has 0 spiro atoms. The van der Waals surface area contributed by atoms with Gasteiger partial charge in [-0.3, -0.25) is 4.79 Å². The highest BCUT2D eigenvalue weighted by atomic mass is 16.2. The van der Waals surface area contributed by atoms with Crippen molar-refractivity contribution in [2.75, 3.05) is 6.54 Å². The van der Waals surface area contributed by atoms with E-state index in [1.54, 1.807) is 0 Å². The van der Waals surface area contributed by atoms with Crippen molar-refractivity contribution in [2.45, 2.75) is 64.3 Å². The number of rotatable bonds is 3. The minimum absolute atomic E-state index is 0.181. The van der Waals surface area contributed by atoms with E-state index in [0.717, 1.165) is 38.5 Å². The Balaban J connectivity index is 2.09. The molecule has 0 bridgehead atoms. The van der Waals surface area contributed by atoms with Crippen molar-refractivity contribution < 1.29 is 4.79 Å². The Bertz CT molecular complexity index is 320. The maximum atomic E-state index is 12.6. The van der Waals surface area contributed by atoms with Crippen molar-refractivity contribution >= 4 is 5.91 Å². The molecule has 0 radical (unpaired) electrons. The molecule has 0 aromatic rings. The van der Waals surface area contributed by atoms with Crippen LogP contribution in [0.4, 0.5) is 0 Å². The van der Waals surface area contributed by atoms with Gasteiger partial charge >= 0.3 is 0 Å². The van der Waals surface area contributed by atoms with Crippen LogP contribution in [0.5, 0.6) is 0 Å². The van der Waals surface area contributed by atoms with Crippen LogP contribution < -0.4 is 0 Å². The minimum Gasteiger partial charge on any atom is -0.326 e. The molecule has 3 heteroatoms. The lowest BCUT2D eigenvalue weighted by Gasteiger charge is -2.34. The van der Waals surface area contributed by atoms with Gasteiger partial charge in [-0.15, -0.1) is 0 Å². The van der Waals surface area contributed by atoms with E-state index in [1.807, 2.05) is 4.90 Å². The van der Waals surface area contributed by atoms with Gasteiger partial charge in [-0.25, -0.2) is 0 Å². The standard InChI is InChI=1S/C14H22N2O/c1-14(8-4-5-9-14)13(17)16(11-10-15)12-6-2-3-7-12/h12H,2-9,11H2,1H3. The van der Waals surface area contributed by atoms with Crippen LogP contribution in [0, 0.1) is 16.7 Å². The second-order valence-electron chi connectivity index (χ2n) is 5.80. The third kappa shape index (κ3) is 2.46. The van der Waals surface area contributed by atoms with Crippen LogP contribution in [-0.2, 0) is 4.79 Å². The lowest BCUT2D eigenvalue weighted by atomic mass is 9.86. The molecule has 2 fully saturated rings. The molecule has 0 aromatic carbocycles. The zero-order chi connectivity index (χ0) is 12.3. The molecule has 2 rings (SSSR count). The first-order chi connectivity index (χ1) is 8.17. The number of amides is 1. The highest BCUT2D eigenvalue weighted by Gasteiger charge is 2.41. The Morgan fingerprint density at radius 3 is 2.41 bits per heavy atom. The number of nitrogens with zero attached hydrogens (tertiary/aromatic N) is 2. The van der Waals surface area contributed by atoms with E-state index in [0.29, 0.717) is 6.04 Å². The predicted molar refractivity (Wildman–Crippen MR) is 66.2 cm³/mol. The summed E-state index contributed by atoms with van der Waals surface area (Å²) in [6.45, 7) is 2.36. The van der Waals surface area contributed by atoms with Gasteiger partial charge in [0.05, 0.1) is 6.07 Å². The molecular formula is C14H22N2O. The third-order valence-corrected chi connectivity index (χ3v) is 4.49. The Labute approximate surface area is 104 Å². The highest BCUT2D eigenvalue weighted by Crippen LogP contribution is 2.40. The van der Waals surface area contributed by atoms with Gasteiger partial charge in [0.2, 0.25) is 5.91 Å². The lowest BCUT2D eigenvalue weighted by molar-refractivity contribution is -0.142. The van der Waals surface area contributed by atoms with Gasteiger partial charge in [-0.05, 0) is 25.7 Å². The van der Waals surface area contributed by atoms with E-state index < -0.39 is 0 Å². The summed E-state index contributed by atoms with van der Waals surface area (Å²) < 4.78 is 0. The Hall–Kier alpha value is -1.04. The quantitative estimate of drug-likeness (QED) is 0.705. The summed E-state index contributed by atoms with van der Waals surface area (Å²) in [5.41, 5.74) is -0.181. The monoisotopic (exact) mass is 234 g/mol. The predicted octanol–water partition coefficient (Wildman–Crippen LogP) is 2.86. The summed E-state index contributed by atoms with van der Waals surface area (Å²) in [5.74, 6) is 0.239. The summed E-state index contributed by atoms with van der Waals surface area (Å²) in [4.78, 5) is 14.5. The van der Waals surface area contributed by atoms with Crippen molar-refractivity contribution in [3.63, 3.8) is 0 Å². The zero-order valence-corrected chi connectivity index (χ0v) is 10.7. The summed E-state index contributed by atoms with van der Waals surface area (Å²) in [6, 6.07) is 2.50. The van der Waals surface area contributed by atoms with Gasteiger partial charge in [0, 0.05) is 11.5 Å². The smallest absolute Gasteiger partial charge is 0.229 e. The van der Waals surface area contributed by atoms with Crippen LogP contribution in [-0.4, -0.2) is 23.4 Å². The van der Waals surface area contributed by atoms with Crippen molar-refractivity contribution in [1.82, 2.24) is 4.90 Å². The van der Waals surface area contributed by atoms with Crippen molar-refractivity contribution in [3.8, 4) is 6.07 Å². The molecule has 17 heavy (non-hydrogen) atoms. The Kier molecular flexibility index (Phi) is 3.71. The van der Waals surface area contributed by atoms with Gasteiger partial charge in [-0.2, -0.15) is 5.26 Å². The molecule has 2 saturated carbocycles. The number of hydrogen-bond donors (Lipinski definition) is 0. The van der Waals surface area contributed by atoms with E-state index in [9.17, 15) is 4.79 Å². The third-order valence-electron chi connectivity index (χ3n) is 4.49. The maximum absolute atomic E-state index is 12.6. The van der Waals surface area contributed by atoms with E-state index in [2.05, 4.69) is 13.0 Å². The second kappa shape index (κ2) is 5.08. The summed E-state index contributed by atoms with van der Waals surface area (Å²) >= 11 is 0. The molecule has 0 saturated heterocycles. The first-order valence-electron chi connectivity index (χ1n) is 6.85. The first kappa shape index (κ1) is 12.4. The van der Waals surface area contributed by atoms with Crippen molar-refractivity contribution in [2.24, 2.45) is 5.41 Å². The van der Waals surface area contributed by atoms with Crippen LogP contribution in [0.2, 0.25) is 0 Å². The van der Waals surface area contributed by atoms with Crippen LogP contribution in [0.25, 0.3) is 0 Å². The Morgan fingerprint density at radius 2 is 1.88 bits per heavy atom. The van der Waals surface area contributed by atoms with Crippen molar-refractivity contribution in [1.29, 1.82) is 5.26 Å².